The van der Waals surface area contributed by atoms with Crippen molar-refractivity contribution in [3.8, 4) is 22.0 Å². The summed E-state index contributed by atoms with van der Waals surface area (Å²) in [6, 6.07) is 19.7. The largest absolute Gasteiger partial charge is 0.508 e. The minimum absolute atomic E-state index is 0.0440. The molecule has 0 unspecified atom stereocenters. The van der Waals surface area contributed by atoms with Crippen LogP contribution in [0, 0.1) is 0 Å². The van der Waals surface area contributed by atoms with Gasteiger partial charge in [-0.1, -0.05) is 30.3 Å². The Kier molecular flexibility index (Phi) is 6.62. The lowest BCUT2D eigenvalue weighted by Crippen LogP contribution is -2.30. The number of nitrogens with one attached hydrogen (secondary N) is 2. The Morgan fingerprint density at radius 3 is 2.44 bits per heavy atom. The van der Waals surface area contributed by atoms with Gasteiger partial charge in [0.2, 0.25) is 0 Å². The minimum Gasteiger partial charge on any atom is -0.508 e. The van der Waals surface area contributed by atoms with Gasteiger partial charge in [0.1, 0.15) is 11.4 Å². The van der Waals surface area contributed by atoms with Gasteiger partial charge in [-0.25, -0.2) is 4.68 Å². The van der Waals surface area contributed by atoms with E-state index in [-0.39, 0.29) is 17.6 Å². The predicted octanol–water partition coefficient (Wildman–Crippen LogP) is 3.86. The van der Waals surface area contributed by atoms with Crippen LogP contribution in [0.1, 0.15) is 27.1 Å². The number of aromatic nitrogens is 2. The Hall–Kier alpha value is -3.91. The van der Waals surface area contributed by atoms with Gasteiger partial charge in [0.25, 0.3) is 11.8 Å². The number of para-hydroxylation sites is 1. The smallest absolute Gasteiger partial charge is 0.255 e. The van der Waals surface area contributed by atoms with Crippen molar-refractivity contribution < 1.29 is 14.7 Å². The summed E-state index contributed by atoms with van der Waals surface area (Å²) < 4.78 is 1.71. The first-order valence-corrected chi connectivity index (χ1v) is 11.0. The Morgan fingerprint density at radius 1 is 0.938 bits per heavy atom. The highest BCUT2D eigenvalue weighted by molar-refractivity contribution is 7.13. The second-order valence-electron chi connectivity index (χ2n) is 7.06. The van der Waals surface area contributed by atoms with Crippen LogP contribution in [0.4, 0.5) is 0 Å². The first-order chi connectivity index (χ1) is 15.6. The predicted molar refractivity (Wildman–Crippen MR) is 124 cm³/mol. The van der Waals surface area contributed by atoms with Crippen LogP contribution in [0.15, 0.2) is 78.3 Å². The lowest BCUT2D eigenvalue weighted by molar-refractivity contribution is 0.0951. The molecule has 0 aliphatic heterocycles. The summed E-state index contributed by atoms with van der Waals surface area (Å²) in [6.45, 7) is 0.801. The van der Waals surface area contributed by atoms with Crippen LogP contribution < -0.4 is 10.6 Å². The summed E-state index contributed by atoms with van der Waals surface area (Å²) in [7, 11) is 0. The monoisotopic (exact) mass is 446 g/mol. The number of rotatable bonds is 8. The van der Waals surface area contributed by atoms with Crippen LogP contribution in [0.5, 0.6) is 5.75 Å². The zero-order valence-corrected chi connectivity index (χ0v) is 18.0. The molecular formula is C24H22N4O3S. The maximum absolute atomic E-state index is 12.9. The fourth-order valence-corrected chi connectivity index (χ4v) is 3.91. The molecule has 2 aromatic heterocycles. The van der Waals surface area contributed by atoms with E-state index < -0.39 is 0 Å². The summed E-state index contributed by atoms with van der Waals surface area (Å²) >= 11 is 1.53. The normalized spacial score (nSPS) is 10.6. The molecule has 0 aliphatic carbocycles. The number of phenols is 1. The van der Waals surface area contributed by atoms with Crippen molar-refractivity contribution in [2.45, 2.75) is 6.42 Å². The van der Waals surface area contributed by atoms with Gasteiger partial charge in [0.15, 0.2) is 0 Å². The first-order valence-electron chi connectivity index (χ1n) is 10.2. The maximum atomic E-state index is 12.9. The van der Waals surface area contributed by atoms with Crippen LogP contribution in [0.25, 0.3) is 16.3 Å². The molecule has 0 aliphatic rings. The fraction of sp³-hybridized carbons (Fsp3) is 0.125. The molecule has 32 heavy (non-hydrogen) atoms. The van der Waals surface area contributed by atoms with Crippen LogP contribution in [-0.4, -0.2) is 39.8 Å². The van der Waals surface area contributed by atoms with Crippen molar-refractivity contribution in [1.29, 1.82) is 0 Å². The molecule has 4 rings (SSSR count). The highest BCUT2D eigenvalue weighted by Gasteiger charge is 2.19. The molecule has 7 nitrogen and oxygen atoms in total. The Labute approximate surface area is 189 Å². The number of carbonyl (C=O) groups is 2. The average Bonchev–Trinajstić information content (AvgIpc) is 3.49. The van der Waals surface area contributed by atoms with Gasteiger partial charge < -0.3 is 15.7 Å². The van der Waals surface area contributed by atoms with Gasteiger partial charge in [-0.3, -0.25) is 9.59 Å². The molecule has 2 heterocycles. The summed E-state index contributed by atoms with van der Waals surface area (Å²) in [5.74, 6) is -0.436. The number of phenolic OH excluding ortho intramolecular Hbond substituents is 1. The Balaban J connectivity index is 1.37. The maximum Gasteiger partial charge on any atom is 0.255 e. The van der Waals surface area contributed by atoms with E-state index in [1.807, 2.05) is 47.8 Å². The third-order valence-electron chi connectivity index (χ3n) is 4.77. The molecule has 0 bridgehead atoms. The number of thiophene rings is 1. The molecule has 0 atom stereocenters. The molecule has 4 aromatic rings. The summed E-state index contributed by atoms with van der Waals surface area (Å²) in [4.78, 5) is 25.9. The topological polar surface area (TPSA) is 96.3 Å². The molecule has 0 radical (unpaired) electrons. The van der Waals surface area contributed by atoms with E-state index in [9.17, 15) is 14.7 Å². The fourth-order valence-electron chi connectivity index (χ4n) is 3.19. The van der Waals surface area contributed by atoms with Gasteiger partial charge >= 0.3 is 0 Å². The molecule has 2 amide bonds. The summed E-state index contributed by atoms with van der Waals surface area (Å²) in [6.07, 6.45) is 2.31. The van der Waals surface area contributed by atoms with E-state index in [0.717, 1.165) is 10.6 Å². The molecule has 2 aromatic carbocycles. The molecule has 0 saturated carbocycles. The van der Waals surface area contributed by atoms with Gasteiger partial charge in [0, 0.05) is 24.8 Å². The van der Waals surface area contributed by atoms with Gasteiger partial charge in [0.05, 0.1) is 16.1 Å². The molecular weight excluding hydrogens is 424 g/mol. The van der Waals surface area contributed by atoms with E-state index in [2.05, 4.69) is 15.7 Å². The second-order valence-corrected chi connectivity index (χ2v) is 8.01. The van der Waals surface area contributed by atoms with Crippen LogP contribution in [0.3, 0.4) is 0 Å². The first kappa shape index (κ1) is 21.3. The standard InChI is InChI=1S/C24H22N4O3S/c29-19-10-4-7-17(15-19)23(30)25-12-6-13-26-24(31)20-16-28(18-8-2-1-3-9-18)27-22(20)21-11-5-14-32-21/h1-5,7-11,14-16,29H,6,12-13H2,(H,25,30)(H,26,31). The van der Waals surface area contributed by atoms with Crippen molar-refractivity contribution in [1.82, 2.24) is 20.4 Å². The number of hydrogen-bond acceptors (Lipinski definition) is 5. The Bertz CT molecular complexity index is 1200. The van der Waals surface area contributed by atoms with Crippen molar-refractivity contribution in [2.24, 2.45) is 0 Å². The number of amides is 2. The molecule has 0 spiro atoms. The molecule has 8 heteroatoms. The van der Waals surface area contributed by atoms with Crippen molar-refractivity contribution in [2.75, 3.05) is 13.1 Å². The van der Waals surface area contributed by atoms with Gasteiger partial charge in [-0.05, 0) is 48.2 Å². The highest BCUT2D eigenvalue weighted by atomic mass is 32.1. The minimum atomic E-state index is -0.267. The quantitative estimate of drug-likeness (QED) is 0.358. The van der Waals surface area contributed by atoms with E-state index in [1.54, 1.807) is 23.0 Å². The van der Waals surface area contributed by atoms with Crippen LogP contribution in [0.2, 0.25) is 0 Å². The molecule has 3 N–H and O–H groups in total. The average molecular weight is 447 g/mol. The Morgan fingerprint density at radius 2 is 1.72 bits per heavy atom. The third kappa shape index (κ3) is 5.04. The number of nitrogens with zero attached hydrogens (tertiary/aromatic N) is 2. The van der Waals surface area contributed by atoms with E-state index in [0.29, 0.717) is 36.3 Å². The zero-order chi connectivity index (χ0) is 22.3. The molecule has 0 saturated heterocycles. The van der Waals surface area contributed by atoms with E-state index >= 15 is 0 Å². The van der Waals surface area contributed by atoms with Gasteiger partial charge in [-0.15, -0.1) is 11.3 Å². The van der Waals surface area contributed by atoms with Crippen LogP contribution >= 0.6 is 11.3 Å². The zero-order valence-electron chi connectivity index (χ0n) is 17.2. The van der Waals surface area contributed by atoms with Crippen LogP contribution in [-0.2, 0) is 0 Å². The third-order valence-corrected chi connectivity index (χ3v) is 5.64. The van der Waals surface area contributed by atoms with E-state index in [4.69, 9.17) is 0 Å². The highest BCUT2D eigenvalue weighted by Crippen LogP contribution is 2.27. The SMILES string of the molecule is O=C(NCCCNC(=O)c1cn(-c2ccccc2)nc1-c1cccs1)c1cccc(O)c1. The van der Waals surface area contributed by atoms with Crippen molar-refractivity contribution in [3.63, 3.8) is 0 Å². The van der Waals surface area contributed by atoms with Crippen molar-refractivity contribution in [3.05, 3.63) is 89.4 Å². The number of aromatic hydroxyl groups is 1. The lowest BCUT2D eigenvalue weighted by Gasteiger charge is -2.07. The lowest BCUT2D eigenvalue weighted by atomic mass is 10.2. The summed E-state index contributed by atoms with van der Waals surface area (Å²) in [5.41, 5.74) is 2.40. The summed E-state index contributed by atoms with van der Waals surface area (Å²) in [5, 5.41) is 21.8. The van der Waals surface area contributed by atoms with E-state index in [1.165, 1.54) is 23.5 Å². The number of carbonyl (C=O) groups excluding carboxylic acids is 2. The molecule has 0 fully saturated rings. The number of benzene rings is 2. The molecule has 162 valence electrons. The number of hydrogen-bond donors (Lipinski definition) is 3. The van der Waals surface area contributed by atoms with Gasteiger partial charge in [-0.2, -0.15) is 5.10 Å². The second kappa shape index (κ2) is 9.93. The van der Waals surface area contributed by atoms with Crippen molar-refractivity contribution >= 4 is 23.2 Å².